The fourth-order valence-corrected chi connectivity index (χ4v) is 20.4. The number of benzene rings is 12. The van der Waals surface area contributed by atoms with Crippen molar-refractivity contribution < 1.29 is 55.0 Å². The van der Waals surface area contributed by atoms with E-state index in [1.54, 1.807) is 151 Å². The summed E-state index contributed by atoms with van der Waals surface area (Å²) in [6.07, 6.45) is 0. The molecule has 2 aliphatic rings. The van der Waals surface area contributed by atoms with Gasteiger partial charge in [-0.1, -0.05) is 94.1 Å². The SMILES string of the molecule is COc1ccc(Sc2ccc(Sc3ccc(OC)cc3)c3c2-c2nc-3nc3[n-]c(nc4nc(nc5[n-]c(n2)c2c(Sc6ccc(OC)cc6)ccc(Sc6ccc(OC)cc6)c52)-c2c(Sc5ccc(OC)cc5)ccc(Sc5ccc(OC)cc5)c2-4)c2c(Sc4ccc(OC)cc4)ccc(Sc4ccc(OC)cc4)c32)cc1.[Cu+2]. The molecular weight excluding hydrogens is 1620 g/mol. The topological polar surface area (TPSA) is 179 Å². The van der Waals surface area contributed by atoms with Gasteiger partial charge >= 0.3 is 17.1 Å². The minimum absolute atomic E-state index is 0. The molecule has 12 aromatic carbocycles. The number of fused-ring (bicyclic) bond motifs is 20. The van der Waals surface area contributed by atoms with Gasteiger partial charge < -0.3 is 67.8 Å². The average Bonchev–Trinajstić information content (AvgIpc) is 1.58. The van der Waals surface area contributed by atoms with E-state index < -0.39 is 0 Å². The van der Waals surface area contributed by atoms with E-state index in [0.717, 1.165) is 168 Å². The van der Waals surface area contributed by atoms with Crippen LogP contribution in [-0.2, 0) is 17.1 Å². The molecule has 5 heterocycles. The smallest absolute Gasteiger partial charge is 0.497 e. The number of hydrogen-bond donors (Lipinski definition) is 0. The summed E-state index contributed by atoms with van der Waals surface area (Å²) in [4.78, 5) is 61.2. The summed E-state index contributed by atoms with van der Waals surface area (Å²) >= 11 is 12.7. The fraction of sp³-hybridized carbons (Fsp3) is 0.0909. The Labute approximate surface area is 696 Å². The second kappa shape index (κ2) is 34.2. The molecule has 1 radical (unpaired) electrons. The van der Waals surface area contributed by atoms with Crippen LogP contribution < -0.4 is 47.9 Å². The van der Waals surface area contributed by atoms with E-state index in [2.05, 4.69) is 146 Å². The predicted molar refractivity (Wildman–Crippen MR) is 451 cm³/mol. The van der Waals surface area contributed by atoms with Crippen molar-refractivity contribution in [2.45, 2.75) is 78.3 Å². The van der Waals surface area contributed by atoms with Crippen molar-refractivity contribution in [3.8, 4) is 91.5 Å². The molecule has 0 saturated heterocycles. The largest absolute Gasteiger partial charge is 2.00 e. The molecule has 2 aliphatic heterocycles. The molecule has 17 rings (SSSR count). The quantitative estimate of drug-likeness (QED) is 0.0521. The first-order valence-electron chi connectivity index (χ1n) is 35.0. The van der Waals surface area contributed by atoms with Gasteiger partial charge in [0.2, 0.25) is 0 Å². The maximum atomic E-state index is 5.90. The normalized spacial score (nSPS) is 11.4. The summed E-state index contributed by atoms with van der Waals surface area (Å²) in [5.41, 5.74) is 4.44. The van der Waals surface area contributed by atoms with Crippen LogP contribution >= 0.6 is 94.1 Å². The molecule has 0 spiro atoms. The molecule has 0 amide bonds. The maximum absolute atomic E-state index is 5.90. The summed E-state index contributed by atoms with van der Waals surface area (Å²) < 4.78 is 45.6. The molecule has 0 N–H and O–H groups in total. The molecule has 0 saturated carbocycles. The van der Waals surface area contributed by atoms with Crippen molar-refractivity contribution in [2.75, 3.05) is 56.9 Å². The van der Waals surface area contributed by atoms with Gasteiger partial charge in [0.05, 0.1) is 80.2 Å². The molecule has 0 unspecified atom stereocenters. The third-order valence-corrected chi connectivity index (χ3v) is 26.8. The Balaban J connectivity index is 0.00000964. The third-order valence-electron chi connectivity index (χ3n) is 18.3. The summed E-state index contributed by atoms with van der Waals surface area (Å²) in [5, 5.41) is 2.96. The van der Waals surface area contributed by atoms with Crippen LogP contribution in [0.15, 0.2) is 321 Å². The summed E-state index contributed by atoms with van der Waals surface area (Å²) in [5.74, 6) is 7.35. The van der Waals surface area contributed by atoms with Crippen molar-refractivity contribution in [1.29, 1.82) is 0 Å². The van der Waals surface area contributed by atoms with Gasteiger partial charge in [-0.3, -0.25) is 0 Å². The zero-order chi connectivity index (χ0) is 76.3. The first kappa shape index (κ1) is 76.7. The van der Waals surface area contributed by atoms with E-state index in [-0.39, 0.29) is 17.1 Å². The molecule has 16 nitrogen and oxygen atoms in total. The van der Waals surface area contributed by atoms with E-state index in [4.69, 9.17) is 77.8 Å². The maximum Gasteiger partial charge on any atom is 2.00 e. The van der Waals surface area contributed by atoms with Gasteiger partial charge in [-0.15, -0.1) is 0 Å². The number of rotatable bonds is 24. The standard InChI is InChI=1S/C88H64N8O8S8.Cu/c1-97-49-9-25-57(26-10-49)105-65-41-42-66(106-58-27-11-50(98-2)12-28-58)74-73(65)81-89-82(74)94-84-77-69(109-61-33-17-53(101-5)18-34-61)45-46-70(110-62-35-19-54(102-6)20-36-62)78(77)86(91-84)96-88-80-72(112-64-39-23-56(104-8)24-40-64)48-47-71(111-63-37-21-55(103-7)22-38-63)79(80)87(92-88)95-85-76-68(108-60-31-15-52(100-4)16-32-60)44-43-67(75(76)83(90-85)93-81)107-59-29-13-51(99-3)14-30-59;/h9-48H,1-8H3;/q-2;+2. The zero-order valence-electron chi connectivity index (χ0n) is 61.5. The van der Waals surface area contributed by atoms with E-state index in [9.17, 15) is 0 Å². The van der Waals surface area contributed by atoms with Gasteiger partial charge in [-0.05, 0) is 243 Å². The predicted octanol–water partition coefficient (Wildman–Crippen LogP) is 23.4. The Hall–Kier alpha value is -10.3. The number of methoxy groups -OCH3 is 8. The fourth-order valence-electron chi connectivity index (χ4n) is 12.8. The van der Waals surface area contributed by atoms with Crippen molar-refractivity contribution >= 4 is 138 Å². The van der Waals surface area contributed by atoms with Crippen LogP contribution in [0.5, 0.6) is 46.0 Å². The van der Waals surface area contributed by atoms with Crippen LogP contribution in [0.25, 0.3) is 89.7 Å². The number of aromatic nitrogens is 8. The van der Waals surface area contributed by atoms with Crippen molar-refractivity contribution in [2.24, 2.45) is 0 Å². The molecule has 0 aliphatic carbocycles. The molecule has 0 fully saturated rings. The minimum Gasteiger partial charge on any atom is -0.497 e. The Morgan fingerprint density at radius 1 is 0.186 bits per heavy atom. The Morgan fingerprint density at radius 3 is 0.478 bits per heavy atom. The van der Waals surface area contributed by atoms with Gasteiger partial charge in [0.25, 0.3) is 0 Å². The van der Waals surface area contributed by atoms with Crippen molar-refractivity contribution in [1.82, 2.24) is 39.9 Å². The summed E-state index contributed by atoms with van der Waals surface area (Å²) in [7, 11) is 13.4. The second-order valence-electron chi connectivity index (χ2n) is 25.0. The van der Waals surface area contributed by atoms with E-state index >= 15 is 0 Å². The van der Waals surface area contributed by atoms with Crippen LogP contribution in [0.2, 0.25) is 0 Å². The van der Waals surface area contributed by atoms with Crippen molar-refractivity contribution in [3.63, 3.8) is 0 Å². The zero-order valence-corrected chi connectivity index (χ0v) is 69.0. The minimum atomic E-state index is 0. The molecule has 0 atom stereocenters. The van der Waals surface area contributed by atoms with Gasteiger partial charge in [0, 0.05) is 145 Å². The molecular formula is C88H64CuN8O8S8. The van der Waals surface area contributed by atoms with E-state index in [0.29, 0.717) is 45.9 Å². The van der Waals surface area contributed by atoms with E-state index in [1.165, 1.54) is 0 Å². The molecule has 8 bridgehead atoms. The van der Waals surface area contributed by atoms with Gasteiger partial charge in [-0.25, -0.2) is 9.97 Å². The summed E-state index contributed by atoms with van der Waals surface area (Å²) in [6.45, 7) is 0. The number of nitrogens with zero attached hydrogens (tertiary/aromatic N) is 8. The number of ether oxygens (including phenoxy) is 8. The van der Waals surface area contributed by atoms with Crippen LogP contribution in [0, 0.1) is 0 Å². The molecule has 563 valence electrons. The van der Waals surface area contributed by atoms with Crippen LogP contribution in [-0.4, -0.2) is 86.8 Å². The summed E-state index contributed by atoms with van der Waals surface area (Å²) in [6, 6.07) is 81.6. The monoisotopic (exact) mass is 1680 g/mol. The number of hydrogen-bond acceptors (Lipinski definition) is 22. The first-order chi connectivity index (χ1) is 55.0. The Kier molecular flexibility index (Phi) is 23.2. The van der Waals surface area contributed by atoms with Crippen LogP contribution in [0.1, 0.15) is 0 Å². The molecule has 15 aromatic rings. The van der Waals surface area contributed by atoms with Gasteiger partial charge in [-0.2, -0.15) is 0 Å². The second-order valence-corrected chi connectivity index (χ2v) is 33.9. The van der Waals surface area contributed by atoms with Gasteiger partial charge in [0.1, 0.15) is 46.0 Å². The Morgan fingerprint density at radius 2 is 0.327 bits per heavy atom. The molecule has 113 heavy (non-hydrogen) atoms. The molecule has 3 aromatic heterocycles. The average molecular weight is 1680 g/mol. The third kappa shape index (κ3) is 16.2. The van der Waals surface area contributed by atoms with Gasteiger partial charge in [0.15, 0.2) is 0 Å². The van der Waals surface area contributed by atoms with E-state index in [1.807, 2.05) is 97.1 Å². The van der Waals surface area contributed by atoms with Crippen molar-refractivity contribution in [3.05, 3.63) is 243 Å². The molecule has 25 heteroatoms. The van der Waals surface area contributed by atoms with Crippen LogP contribution in [0.4, 0.5) is 0 Å². The first-order valence-corrected chi connectivity index (χ1v) is 41.5. The van der Waals surface area contributed by atoms with Crippen LogP contribution in [0.3, 0.4) is 0 Å². The Bertz CT molecular complexity index is 5490.